The summed E-state index contributed by atoms with van der Waals surface area (Å²) in [5, 5.41) is 16.2. The fraction of sp³-hybridized carbons (Fsp3) is 0.625. The zero-order valence-electron chi connectivity index (χ0n) is 18.4. The summed E-state index contributed by atoms with van der Waals surface area (Å²) < 4.78 is 0. The van der Waals surface area contributed by atoms with Gasteiger partial charge in [0.1, 0.15) is 6.04 Å². The summed E-state index contributed by atoms with van der Waals surface area (Å²) in [6, 6.07) is 5.23. The number of rotatable bonds is 7. The predicted molar refractivity (Wildman–Crippen MR) is 118 cm³/mol. The van der Waals surface area contributed by atoms with Gasteiger partial charge in [0.25, 0.3) is 5.91 Å². The number of aliphatic hydroxyl groups is 1. The maximum Gasteiger partial charge on any atom is 0.255 e. The van der Waals surface area contributed by atoms with Gasteiger partial charge in [0.15, 0.2) is 0 Å². The van der Waals surface area contributed by atoms with Crippen molar-refractivity contribution in [2.24, 2.45) is 5.92 Å². The Labute approximate surface area is 188 Å². The minimum Gasteiger partial charge on any atom is -0.394 e. The Morgan fingerprint density at radius 1 is 1.12 bits per heavy atom. The van der Waals surface area contributed by atoms with Crippen LogP contribution in [-0.4, -0.2) is 70.4 Å². The minimum absolute atomic E-state index is 0.135. The van der Waals surface area contributed by atoms with E-state index in [0.29, 0.717) is 31.0 Å². The summed E-state index contributed by atoms with van der Waals surface area (Å²) in [4.78, 5) is 41.2. The lowest BCUT2D eigenvalue weighted by atomic mass is 9.86. The Hall–Kier alpha value is -2.29. The van der Waals surface area contributed by atoms with Gasteiger partial charge in [-0.25, -0.2) is 0 Å². The molecule has 1 aromatic rings. The van der Waals surface area contributed by atoms with Crippen LogP contribution in [0.15, 0.2) is 18.2 Å². The van der Waals surface area contributed by atoms with E-state index in [0.717, 1.165) is 43.6 Å². The van der Waals surface area contributed by atoms with Gasteiger partial charge < -0.3 is 15.3 Å². The summed E-state index contributed by atoms with van der Waals surface area (Å²) in [5.74, 6) is -0.105. The average Bonchev–Trinajstić information content (AvgIpc) is 3.56. The summed E-state index contributed by atoms with van der Waals surface area (Å²) in [6.45, 7) is 3.98. The molecular weight excluding hydrogens is 408 g/mol. The molecule has 1 saturated carbocycles. The first-order chi connectivity index (χ1) is 15.5. The normalized spacial score (nSPS) is 25.2. The first-order valence-electron chi connectivity index (χ1n) is 11.8. The van der Waals surface area contributed by atoms with Gasteiger partial charge in [-0.2, -0.15) is 0 Å². The van der Waals surface area contributed by atoms with Crippen molar-refractivity contribution in [1.29, 1.82) is 0 Å². The van der Waals surface area contributed by atoms with Crippen molar-refractivity contribution in [3.8, 4) is 0 Å². The van der Waals surface area contributed by atoms with Gasteiger partial charge in [0, 0.05) is 37.2 Å². The summed E-state index contributed by atoms with van der Waals surface area (Å²) in [6.07, 6.45) is 4.93. The van der Waals surface area contributed by atoms with E-state index in [1.54, 1.807) is 4.90 Å². The van der Waals surface area contributed by atoms with Crippen LogP contribution in [0.4, 0.5) is 0 Å². The molecule has 0 spiro atoms. The van der Waals surface area contributed by atoms with Crippen LogP contribution < -0.4 is 10.6 Å². The van der Waals surface area contributed by atoms with Crippen LogP contribution >= 0.6 is 0 Å². The zero-order chi connectivity index (χ0) is 22.3. The van der Waals surface area contributed by atoms with E-state index >= 15 is 0 Å². The quantitative estimate of drug-likeness (QED) is 0.542. The molecule has 8 nitrogen and oxygen atoms in total. The van der Waals surface area contributed by atoms with Gasteiger partial charge in [0.05, 0.1) is 6.61 Å². The van der Waals surface area contributed by atoms with Crippen molar-refractivity contribution in [1.82, 2.24) is 20.4 Å². The summed E-state index contributed by atoms with van der Waals surface area (Å²) >= 11 is 0. The van der Waals surface area contributed by atoms with Crippen molar-refractivity contribution >= 4 is 17.7 Å². The van der Waals surface area contributed by atoms with E-state index in [-0.39, 0.29) is 36.3 Å². The number of amides is 3. The van der Waals surface area contributed by atoms with Crippen LogP contribution in [0.5, 0.6) is 0 Å². The molecule has 3 fully saturated rings. The Bertz CT molecular complexity index is 923. The van der Waals surface area contributed by atoms with Crippen LogP contribution in [0, 0.1) is 5.92 Å². The Kier molecular flexibility index (Phi) is 5.77. The first-order valence-corrected chi connectivity index (χ1v) is 11.8. The van der Waals surface area contributed by atoms with E-state index in [9.17, 15) is 19.5 Å². The van der Waals surface area contributed by atoms with E-state index in [4.69, 9.17) is 0 Å². The number of benzene rings is 1. The van der Waals surface area contributed by atoms with Gasteiger partial charge in [-0.05, 0) is 68.3 Å². The molecule has 1 aliphatic carbocycles. The molecule has 32 heavy (non-hydrogen) atoms. The first kappa shape index (κ1) is 21.6. The highest BCUT2D eigenvalue weighted by Crippen LogP contribution is 2.37. The van der Waals surface area contributed by atoms with E-state index in [1.165, 1.54) is 12.8 Å². The number of nitrogens with one attached hydrogen (secondary N) is 2. The molecule has 3 heterocycles. The number of fused-ring (bicyclic) bond motifs is 1. The third-order valence-corrected chi connectivity index (χ3v) is 7.72. The topological polar surface area (TPSA) is 102 Å². The van der Waals surface area contributed by atoms with Crippen LogP contribution in [0.25, 0.3) is 0 Å². The van der Waals surface area contributed by atoms with Crippen molar-refractivity contribution < 1.29 is 19.5 Å². The van der Waals surface area contributed by atoms with Crippen LogP contribution in [0.3, 0.4) is 0 Å². The Morgan fingerprint density at radius 3 is 2.59 bits per heavy atom. The third-order valence-electron chi connectivity index (χ3n) is 7.72. The SMILES string of the molecule is O=C1CCC(N2Cc3c(CN(CC4CC4)C4(CO)CCNCC4)cccc3C2=O)C(=O)N1. The minimum atomic E-state index is -0.601. The Balaban J connectivity index is 1.40. The largest absolute Gasteiger partial charge is 0.394 e. The second kappa shape index (κ2) is 8.57. The van der Waals surface area contributed by atoms with E-state index in [1.807, 2.05) is 12.1 Å². The molecule has 2 saturated heterocycles. The second-order valence-corrected chi connectivity index (χ2v) is 9.80. The standard InChI is InChI=1S/C24H32N4O4/c29-15-24(8-10-25-11-9-24)27(12-16-4-5-16)13-17-2-1-3-18-19(17)14-28(23(18)32)20-6-7-21(30)26-22(20)31/h1-3,16,20,25,29H,4-15H2,(H,26,30,31). The fourth-order valence-electron chi connectivity index (χ4n) is 5.51. The predicted octanol–water partition coefficient (Wildman–Crippen LogP) is 0.774. The molecule has 3 aliphatic heterocycles. The molecule has 0 aromatic heterocycles. The monoisotopic (exact) mass is 440 g/mol. The highest BCUT2D eigenvalue weighted by Gasteiger charge is 2.42. The van der Waals surface area contributed by atoms with Crippen LogP contribution in [0.2, 0.25) is 0 Å². The maximum absolute atomic E-state index is 13.2. The van der Waals surface area contributed by atoms with Crippen molar-refractivity contribution in [2.45, 2.75) is 63.2 Å². The zero-order valence-corrected chi connectivity index (χ0v) is 18.4. The number of nitrogens with zero attached hydrogens (tertiary/aromatic N) is 2. The Morgan fingerprint density at radius 2 is 1.91 bits per heavy atom. The summed E-state index contributed by atoms with van der Waals surface area (Å²) in [5.41, 5.74) is 2.49. The van der Waals surface area contributed by atoms with Gasteiger partial charge in [-0.3, -0.25) is 24.6 Å². The number of carbonyl (C=O) groups is 3. The molecule has 1 aromatic carbocycles. The average molecular weight is 441 g/mol. The molecule has 172 valence electrons. The van der Waals surface area contributed by atoms with Gasteiger partial charge in [-0.1, -0.05) is 12.1 Å². The number of aliphatic hydroxyl groups excluding tert-OH is 1. The van der Waals surface area contributed by atoms with Crippen LogP contribution in [-0.2, 0) is 22.7 Å². The lowest BCUT2D eigenvalue weighted by Gasteiger charge is -2.46. The molecular formula is C24H32N4O4. The molecule has 0 bridgehead atoms. The van der Waals surface area contributed by atoms with E-state index in [2.05, 4.69) is 21.6 Å². The highest BCUT2D eigenvalue weighted by atomic mass is 16.3. The van der Waals surface area contributed by atoms with Gasteiger partial charge >= 0.3 is 0 Å². The van der Waals surface area contributed by atoms with Crippen LogP contribution in [0.1, 0.15) is 60.0 Å². The fourth-order valence-corrected chi connectivity index (χ4v) is 5.51. The maximum atomic E-state index is 13.2. The lowest BCUT2D eigenvalue weighted by Crippen LogP contribution is -2.57. The molecule has 3 amide bonds. The van der Waals surface area contributed by atoms with Crippen molar-refractivity contribution in [3.63, 3.8) is 0 Å². The number of piperidine rings is 2. The highest BCUT2D eigenvalue weighted by molar-refractivity contribution is 6.05. The smallest absolute Gasteiger partial charge is 0.255 e. The number of hydrogen-bond acceptors (Lipinski definition) is 6. The van der Waals surface area contributed by atoms with Gasteiger partial charge in [-0.15, -0.1) is 0 Å². The second-order valence-electron chi connectivity index (χ2n) is 9.80. The molecule has 1 unspecified atom stereocenters. The van der Waals surface area contributed by atoms with E-state index < -0.39 is 6.04 Å². The molecule has 1 atom stereocenters. The molecule has 5 rings (SSSR count). The molecule has 8 heteroatoms. The molecule has 3 N–H and O–H groups in total. The number of carbonyl (C=O) groups excluding carboxylic acids is 3. The molecule has 4 aliphatic rings. The lowest BCUT2D eigenvalue weighted by molar-refractivity contribution is -0.136. The van der Waals surface area contributed by atoms with Crippen molar-refractivity contribution in [3.05, 3.63) is 34.9 Å². The molecule has 0 radical (unpaired) electrons. The number of imide groups is 1. The third kappa shape index (κ3) is 3.95. The van der Waals surface area contributed by atoms with Gasteiger partial charge in [0.2, 0.25) is 11.8 Å². The van der Waals surface area contributed by atoms with Crippen molar-refractivity contribution in [2.75, 3.05) is 26.2 Å². The summed E-state index contributed by atoms with van der Waals surface area (Å²) in [7, 11) is 0. The number of hydrogen-bond donors (Lipinski definition) is 3.